The van der Waals surface area contributed by atoms with E-state index in [4.69, 9.17) is 18.0 Å². The minimum Gasteiger partial charge on any atom is -0.389 e. The second-order valence-electron chi connectivity index (χ2n) is 4.57. The van der Waals surface area contributed by atoms with E-state index in [-0.39, 0.29) is 10.8 Å². The van der Waals surface area contributed by atoms with Gasteiger partial charge >= 0.3 is 0 Å². The largest absolute Gasteiger partial charge is 0.389 e. The molecule has 0 bridgehead atoms. The molecular weight excluding hydrogens is 271 g/mol. The van der Waals surface area contributed by atoms with E-state index in [0.717, 1.165) is 25.1 Å². The summed E-state index contributed by atoms with van der Waals surface area (Å²) in [4.78, 5) is 0.204. The van der Waals surface area contributed by atoms with Crippen molar-refractivity contribution in [1.29, 1.82) is 0 Å². The molecule has 0 radical (unpaired) electrons. The van der Waals surface area contributed by atoms with Gasteiger partial charge in [-0.1, -0.05) is 42.5 Å². The highest BCUT2D eigenvalue weighted by atomic mass is 32.1. The third kappa shape index (κ3) is 4.03. The Hall–Kier alpha value is -1.94. The standard InChI is InChI=1S/C16H17FN2S/c17-13-8-9-15(14(11-13)16(18)20)19-10-4-7-12-5-2-1-3-6-12/h1-3,5-6,8-9,11,19H,4,7,10H2,(H2,18,20). The van der Waals surface area contributed by atoms with E-state index in [1.54, 1.807) is 6.07 Å². The van der Waals surface area contributed by atoms with E-state index < -0.39 is 0 Å². The monoisotopic (exact) mass is 288 g/mol. The van der Waals surface area contributed by atoms with Crippen molar-refractivity contribution in [2.75, 3.05) is 11.9 Å². The van der Waals surface area contributed by atoms with Gasteiger partial charge in [-0.25, -0.2) is 4.39 Å². The van der Waals surface area contributed by atoms with Crippen LogP contribution in [0.3, 0.4) is 0 Å². The minimum atomic E-state index is -0.331. The highest BCUT2D eigenvalue weighted by molar-refractivity contribution is 7.80. The Morgan fingerprint density at radius 3 is 2.60 bits per heavy atom. The molecular formula is C16H17FN2S. The van der Waals surface area contributed by atoms with Gasteiger partial charge in [0.05, 0.1) is 0 Å². The summed E-state index contributed by atoms with van der Waals surface area (Å²) in [6, 6.07) is 14.7. The number of nitrogens with one attached hydrogen (secondary N) is 1. The van der Waals surface area contributed by atoms with Crippen molar-refractivity contribution in [3.8, 4) is 0 Å². The average molecular weight is 288 g/mol. The molecule has 4 heteroatoms. The summed E-state index contributed by atoms with van der Waals surface area (Å²) in [5.41, 5.74) is 8.25. The number of nitrogens with two attached hydrogens (primary N) is 1. The fourth-order valence-corrected chi connectivity index (χ4v) is 2.20. The molecule has 0 atom stereocenters. The Labute approximate surface area is 123 Å². The maximum atomic E-state index is 13.2. The number of halogens is 1. The van der Waals surface area contributed by atoms with Gasteiger partial charge in [0.2, 0.25) is 0 Å². The van der Waals surface area contributed by atoms with Crippen molar-refractivity contribution in [2.45, 2.75) is 12.8 Å². The van der Waals surface area contributed by atoms with Crippen LogP contribution in [0.1, 0.15) is 17.5 Å². The highest BCUT2D eigenvalue weighted by Crippen LogP contribution is 2.17. The third-order valence-corrected chi connectivity index (χ3v) is 3.27. The molecule has 0 aliphatic heterocycles. The lowest BCUT2D eigenvalue weighted by atomic mass is 10.1. The molecule has 0 spiro atoms. The summed E-state index contributed by atoms with van der Waals surface area (Å²) in [5.74, 6) is -0.331. The van der Waals surface area contributed by atoms with Crippen molar-refractivity contribution < 1.29 is 4.39 Å². The SMILES string of the molecule is NC(=S)c1cc(F)ccc1NCCCc1ccccc1. The number of aryl methyl sites for hydroxylation is 1. The van der Waals surface area contributed by atoms with Gasteiger partial charge in [-0.05, 0) is 36.6 Å². The van der Waals surface area contributed by atoms with Crippen LogP contribution in [0.25, 0.3) is 0 Å². The van der Waals surface area contributed by atoms with Gasteiger partial charge in [-0.3, -0.25) is 0 Å². The molecule has 0 aliphatic carbocycles. The Kier molecular flexibility index (Phi) is 5.07. The summed E-state index contributed by atoms with van der Waals surface area (Å²) in [6.07, 6.45) is 1.98. The van der Waals surface area contributed by atoms with Gasteiger partial charge in [0, 0.05) is 17.8 Å². The maximum absolute atomic E-state index is 13.2. The maximum Gasteiger partial charge on any atom is 0.124 e. The number of benzene rings is 2. The zero-order valence-corrected chi connectivity index (χ0v) is 11.9. The van der Waals surface area contributed by atoms with Crippen LogP contribution in [0.5, 0.6) is 0 Å². The molecule has 0 aromatic heterocycles. The van der Waals surface area contributed by atoms with Crippen LogP contribution in [0, 0.1) is 5.82 Å². The summed E-state index contributed by atoms with van der Waals surface area (Å²) >= 11 is 4.94. The summed E-state index contributed by atoms with van der Waals surface area (Å²) in [6.45, 7) is 0.788. The third-order valence-electron chi connectivity index (χ3n) is 3.05. The van der Waals surface area contributed by atoms with Crippen LogP contribution in [0.15, 0.2) is 48.5 Å². The molecule has 0 aliphatic rings. The van der Waals surface area contributed by atoms with E-state index in [1.165, 1.54) is 17.7 Å². The number of hydrogen-bond donors (Lipinski definition) is 2. The fourth-order valence-electron chi connectivity index (χ4n) is 2.03. The molecule has 2 aromatic rings. The van der Waals surface area contributed by atoms with E-state index >= 15 is 0 Å². The lowest BCUT2D eigenvalue weighted by Crippen LogP contribution is -2.14. The lowest BCUT2D eigenvalue weighted by Gasteiger charge is -2.11. The second kappa shape index (κ2) is 7.01. The molecule has 0 unspecified atom stereocenters. The van der Waals surface area contributed by atoms with E-state index in [2.05, 4.69) is 17.4 Å². The topological polar surface area (TPSA) is 38.0 Å². The van der Waals surface area contributed by atoms with Crippen molar-refractivity contribution in [1.82, 2.24) is 0 Å². The normalized spacial score (nSPS) is 10.2. The molecule has 0 saturated heterocycles. The Morgan fingerprint density at radius 2 is 1.90 bits per heavy atom. The van der Waals surface area contributed by atoms with Gasteiger partial charge in [-0.15, -0.1) is 0 Å². The van der Waals surface area contributed by atoms with Crippen LogP contribution in [0.2, 0.25) is 0 Å². The van der Waals surface area contributed by atoms with Crippen LogP contribution >= 0.6 is 12.2 Å². The first-order chi connectivity index (χ1) is 9.66. The van der Waals surface area contributed by atoms with Crippen molar-refractivity contribution in [3.05, 3.63) is 65.5 Å². The number of rotatable bonds is 6. The zero-order chi connectivity index (χ0) is 14.4. The number of hydrogen-bond acceptors (Lipinski definition) is 2. The molecule has 0 amide bonds. The Morgan fingerprint density at radius 1 is 1.15 bits per heavy atom. The molecule has 2 aromatic carbocycles. The predicted octanol–water partition coefficient (Wildman–Crippen LogP) is 3.50. The molecule has 0 fully saturated rings. The molecule has 2 nitrogen and oxygen atoms in total. The Bertz CT molecular complexity index is 584. The summed E-state index contributed by atoms with van der Waals surface area (Å²) < 4.78 is 13.2. The average Bonchev–Trinajstić information content (AvgIpc) is 2.45. The van der Waals surface area contributed by atoms with E-state index in [1.807, 2.05) is 18.2 Å². The van der Waals surface area contributed by atoms with Crippen LogP contribution in [-0.2, 0) is 6.42 Å². The van der Waals surface area contributed by atoms with Crippen molar-refractivity contribution in [2.24, 2.45) is 5.73 Å². The fraction of sp³-hybridized carbons (Fsp3) is 0.188. The molecule has 0 heterocycles. The molecule has 104 valence electrons. The number of thiocarbonyl (C=S) groups is 1. The highest BCUT2D eigenvalue weighted by Gasteiger charge is 2.06. The van der Waals surface area contributed by atoms with E-state index in [9.17, 15) is 4.39 Å². The van der Waals surface area contributed by atoms with Crippen LogP contribution in [0.4, 0.5) is 10.1 Å². The van der Waals surface area contributed by atoms with Gasteiger partial charge in [0.25, 0.3) is 0 Å². The minimum absolute atomic E-state index is 0.204. The molecule has 2 rings (SSSR count). The molecule has 20 heavy (non-hydrogen) atoms. The first-order valence-electron chi connectivity index (χ1n) is 6.54. The Balaban J connectivity index is 1.90. The number of anilines is 1. The van der Waals surface area contributed by atoms with Crippen molar-refractivity contribution >= 4 is 22.9 Å². The van der Waals surface area contributed by atoms with Gasteiger partial charge < -0.3 is 11.1 Å². The second-order valence-corrected chi connectivity index (χ2v) is 5.01. The van der Waals surface area contributed by atoms with Crippen molar-refractivity contribution in [3.63, 3.8) is 0 Å². The van der Waals surface area contributed by atoms with Gasteiger partial charge in [0.15, 0.2) is 0 Å². The lowest BCUT2D eigenvalue weighted by molar-refractivity contribution is 0.627. The summed E-state index contributed by atoms with van der Waals surface area (Å²) in [7, 11) is 0. The van der Waals surface area contributed by atoms with E-state index in [0.29, 0.717) is 5.56 Å². The molecule has 3 N–H and O–H groups in total. The molecule has 0 saturated carbocycles. The van der Waals surface area contributed by atoms with Gasteiger partial charge in [-0.2, -0.15) is 0 Å². The quantitative estimate of drug-likeness (QED) is 0.631. The smallest absolute Gasteiger partial charge is 0.124 e. The predicted molar refractivity (Wildman–Crippen MR) is 85.5 cm³/mol. The first-order valence-corrected chi connectivity index (χ1v) is 6.95. The van der Waals surface area contributed by atoms with Crippen LogP contribution in [-0.4, -0.2) is 11.5 Å². The van der Waals surface area contributed by atoms with Crippen LogP contribution < -0.4 is 11.1 Å². The first kappa shape index (κ1) is 14.5. The summed E-state index contributed by atoms with van der Waals surface area (Å²) in [5, 5.41) is 3.26. The van der Waals surface area contributed by atoms with Gasteiger partial charge in [0.1, 0.15) is 10.8 Å². The zero-order valence-electron chi connectivity index (χ0n) is 11.1.